The maximum atomic E-state index is 12.1. The summed E-state index contributed by atoms with van der Waals surface area (Å²) in [7, 11) is 0. The molecule has 0 aromatic rings. The van der Waals surface area contributed by atoms with Gasteiger partial charge in [-0.05, 0) is 34.6 Å². The Bertz CT molecular complexity index is 425. The highest BCUT2D eigenvalue weighted by atomic mass is 16.6. The van der Waals surface area contributed by atoms with Crippen molar-refractivity contribution in [3.63, 3.8) is 0 Å². The first-order valence-corrected chi connectivity index (χ1v) is 6.42. The standard InChI is InChI=1S/C13H22N2O5/c1-12(2,3)20-11(19)15-6-9(16)14(7-10(17)18)8-13(15,4)5/h6-8H2,1-5H3,(H,17,18). The zero-order chi connectivity index (χ0) is 15.7. The van der Waals surface area contributed by atoms with Gasteiger partial charge in [-0.3, -0.25) is 14.5 Å². The lowest BCUT2D eigenvalue weighted by atomic mass is 9.99. The summed E-state index contributed by atoms with van der Waals surface area (Å²) in [5.74, 6) is -1.46. The molecule has 0 aromatic heterocycles. The van der Waals surface area contributed by atoms with E-state index in [0.717, 1.165) is 0 Å². The summed E-state index contributed by atoms with van der Waals surface area (Å²) in [6.07, 6.45) is -0.564. The molecule has 2 amide bonds. The number of carboxylic acid groups (broad SMARTS) is 1. The largest absolute Gasteiger partial charge is 0.480 e. The minimum atomic E-state index is -1.07. The third kappa shape index (κ3) is 4.11. The molecule has 20 heavy (non-hydrogen) atoms. The minimum absolute atomic E-state index is 0.164. The fourth-order valence-electron chi connectivity index (χ4n) is 2.03. The molecule has 1 aliphatic heterocycles. The number of nitrogens with zero attached hydrogens (tertiary/aromatic N) is 2. The average Bonchev–Trinajstić information content (AvgIpc) is 2.18. The van der Waals surface area contributed by atoms with Gasteiger partial charge in [-0.1, -0.05) is 0 Å². The topological polar surface area (TPSA) is 87.2 Å². The fourth-order valence-corrected chi connectivity index (χ4v) is 2.03. The highest BCUT2D eigenvalue weighted by Crippen LogP contribution is 2.24. The Morgan fingerprint density at radius 3 is 2.35 bits per heavy atom. The second-order valence-corrected chi connectivity index (χ2v) is 6.52. The van der Waals surface area contributed by atoms with E-state index in [1.807, 2.05) is 0 Å². The molecule has 0 atom stereocenters. The lowest BCUT2D eigenvalue weighted by Crippen LogP contribution is -2.64. The van der Waals surface area contributed by atoms with E-state index in [0.29, 0.717) is 0 Å². The van der Waals surface area contributed by atoms with Gasteiger partial charge < -0.3 is 14.7 Å². The number of carbonyl (C=O) groups excluding carboxylic acids is 2. The maximum absolute atomic E-state index is 12.1. The minimum Gasteiger partial charge on any atom is -0.480 e. The summed E-state index contributed by atoms with van der Waals surface area (Å²) < 4.78 is 5.28. The molecule has 1 saturated heterocycles. The van der Waals surface area contributed by atoms with E-state index in [4.69, 9.17) is 9.84 Å². The third-order valence-corrected chi connectivity index (χ3v) is 2.89. The van der Waals surface area contributed by atoms with E-state index >= 15 is 0 Å². The van der Waals surface area contributed by atoms with Gasteiger partial charge in [0.15, 0.2) is 0 Å². The van der Waals surface area contributed by atoms with E-state index in [9.17, 15) is 14.4 Å². The van der Waals surface area contributed by atoms with Crippen LogP contribution in [0.4, 0.5) is 4.79 Å². The molecule has 1 fully saturated rings. The van der Waals surface area contributed by atoms with Crippen LogP contribution in [0, 0.1) is 0 Å². The van der Waals surface area contributed by atoms with Crippen LogP contribution in [0.25, 0.3) is 0 Å². The Kier molecular flexibility index (Phi) is 4.31. The van der Waals surface area contributed by atoms with Gasteiger partial charge in [0.1, 0.15) is 18.7 Å². The lowest BCUT2D eigenvalue weighted by molar-refractivity contribution is -0.150. The number of carboxylic acids is 1. The predicted octanol–water partition coefficient (Wildman–Crippen LogP) is 0.929. The second kappa shape index (κ2) is 5.30. The van der Waals surface area contributed by atoms with Crippen LogP contribution in [0.2, 0.25) is 0 Å². The number of carbonyl (C=O) groups is 3. The molecule has 7 nitrogen and oxygen atoms in total. The van der Waals surface area contributed by atoms with E-state index in [-0.39, 0.29) is 19.6 Å². The highest BCUT2D eigenvalue weighted by Gasteiger charge is 2.42. The molecule has 0 bridgehead atoms. The molecule has 0 saturated carbocycles. The molecule has 0 aliphatic carbocycles. The number of hydrogen-bond donors (Lipinski definition) is 1. The van der Waals surface area contributed by atoms with Crippen LogP contribution in [0.5, 0.6) is 0 Å². The normalized spacial score (nSPS) is 18.9. The van der Waals surface area contributed by atoms with Crippen LogP contribution >= 0.6 is 0 Å². The zero-order valence-corrected chi connectivity index (χ0v) is 12.6. The van der Waals surface area contributed by atoms with Crippen molar-refractivity contribution in [1.82, 2.24) is 9.80 Å². The Labute approximate surface area is 118 Å². The van der Waals surface area contributed by atoms with Crippen molar-refractivity contribution in [3.05, 3.63) is 0 Å². The van der Waals surface area contributed by atoms with E-state index in [2.05, 4.69) is 0 Å². The van der Waals surface area contributed by atoms with Gasteiger partial charge in [0.05, 0.1) is 5.54 Å². The molecule has 7 heteroatoms. The van der Waals surface area contributed by atoms with E-state index < -0.39 is 29.1 Å². The monoisotopic (exact) mass is 286 g/mol. The first-order chi connectivity index (χ1) is 8.92. The quantitative estimate of drug-likeness (QED) is 0.816. The molecule has 1 N–H and O–H groups in total. The molecule has 1 heterocycles. The van der Waals surface area contributed by atoms with Crippen molar-refractivity contribution in [2.45, 2.75) is 45.8 Å². The van der Waals surface area contributed by atoms with Gasteiger partial charge in [0, 0.05) is 6.54 Å². The molecule has 0 aromatic carbocycles. The maximum Gasteiger partial charge on any atom is 0.411 e. The summed E-state index contributed by atoms with van der Waals surface area (Å²) in [6, 6.07) is 0. The summed E-state index contributed by atoms with van der Waals surface area (Å²) in [4.78, 5) is 37.3. The molecule has 1 rings (SSSR count). The summed E-state index contributed by atoms with van der Waals surface area (Å²) in [5.41, 5.74) is -1.32. The van der Waals surface area contributed by atoms with Crippen LogP contribution in [-0.2, 0) is 14.3 Å². The lowest BCUT2D eigenvalue weighted by Gasteiger charge is -2.46. The van der Waals surface area contributed by atoms with E-state index in [1.54, 1.807) is 34.6 Å². The number of piperazine rings is 1. The van der Waals surface area contributed by atoms with Gasteiger partial charge >= 0.3 is 12.1 Å². The van der Waals surface area contributed by atoms with E-state index in [1.165, 1.54) is 9.80 Å². The molecule has 0 unspecified atom stereocenters. The van der Waals surface area contributed by atoms with Gasteiger partial charge in [-0.25, -0.2) is 4.79 Å². The summed E-state index contributed by atoms with van der Waals surface area (Å²) >= 11 is 0. The summed E-state index contributed by atoms with van der Waals surface area (Å²) in [5, 5.41) is 8.78. The smallest absolute Gasteiger partial charge is 0.411 e. The number of rotatable bonds is 2. The van der Waals surface area contributed by atoms with Crippen LogP contribution < -0.4 is 0 Å². The van der Waals surface area contributed by atoms with Crippen molar-refractivity contribution in [3.8, 4) is 0 Å². The number of amides is 2. The number of ether oxygens (including phenoxy) is 1. The Balaban J connectivity index is 2.84. The van der Waals surface area contributed by atoms with Gasteiger partial charge in [0.25, 0.3) is 0 Å². The Hall–Kier alpha value is -1.79. The van der Waals surface area contributed by atoms with Crippen molar-refractivity contribution >= 4 is 18.0 Å². The third-order valence-electron chi connectivity index (χ3n) is 2.89. The first kappa shape index (κ1) is 16.3. The van der Waals surface area contributed by atoms with Crippen LogP contribution in [0.15, 0.2) is 0 Å². The highest BCUT2D eigenvalue weighted by molar-refractivity contribution is 5.87. The Morgan fingerprint density at radius 1 is 1.35 bits per heavy atom. The average molecular weight is 286 g/mol. The summed E-state index contributed by atoms with van der Waals surface area (Å²) in [6.45, 7) is 8.44. The molecule has 0 radical (unpaired) electrons. The van der Waals surface area contributed by atoms with Crippen molar-refractivity contribution in [2.75, 3.05) is 19.6 Å². The van der Waals surface area contributed by atoms with Gasteiger partial charge in [0.2, 0.25) is 5.91 Å². The van der Waals surface area contributed by atoms with Crippen LogP contribution in [0.3, 0.4) is 0 Å². The van der Waals surface area contributed by atoms with Crippen molar-refractivity contribution in [2.24, 2.45) is 0 Å². The molecule has 0 spiro atoms. The number of hydrogen-bond acceptors (Lipinski definition) is 4. The second-order valence-electron chi connectivity index (χ2n) is 6.52. The van der Waals surface area contributed by atoms with Crippen molar-refractivity contribution < 1.29 is 24.2 Å². The van der Waals surface area contributed by atoms with Crippen LogP contribution in [0.1, 0.15) is 34.6 Å². The molecular formula is C13H22N2O5. The molecule has 1 aliphatic rings. The van der Waals surface area contributed by atoms with Crippen LogP contribution in [-0.4, -0.2) is 63.7 Å². The SMILES string of the molecule is CC(C)(C)OC(=O)N1CC(=O)N(CC(=O)O)CC1(C)C. The van der Waals surface area contributed by atoms with Crippen molar-refractivity contribution in [1.29, 1.82) is 0 Å². The predicted molar refractivity (Wildman–Crippen MR) is 71.2 cm³/mol. The number of aliphatic carboxylic acids is 1. The fraction of sp³-hybridized carbons (Fsp3) is 0.769. The van der Waals surface area contributed by atoms with Gasteiger partial charge in [-0.15, -0.1) is 0 Å². The Morgan fingerprint density at radius 2 is 1.90 bits per heavy atom. The zero-order valence-electron chi connectivity index (χ0n) is 12.6. The molecule has 114 valence electrons. The first-order valence-electron chi connectivity index (χ1n) is 6.42. The van der Waals surface area contributed by atoms with Gasteiger partial charge in [-0.2, -0.15) is 0 Å². The molecular weight excluding hydrogens is 264 g/mol.